The van der Waals surface area contributed by atoms with Crippen LogP contribution in [0.2, 0.25) is 0 Å². The molecule has 0 radical (unpaired) electrons. The molecule has 1 aromatic heterocycles. The fourth-order valence-corrected chi connectivity index (χ4v) is 3.51. The second kappa shape index (κ2) is 7.50. The smallest absolute Gasteiger partial charge is 0.147 e. The summed E-state index contributed by atoms with van der Waals surface area (Å²) in [7, 11) is 0. The van der Waals surface area contributed by atoms with E-state index in [-0.39, 0.29) is 12.4 Å². The van der Waals surface area contributed by atoms with Crippen LogP contribution in [0.4, 0.5) is 11.5 Å². The van der Waals surface area contributed by atoms with Crippen LogP contribution in [-0.2, 0) is 19.5 Å². The number of fused-ring (bicyclic) bond motifs is 2. The number of halogens is 2. The highest BCUT2D eigenvalue weighted by atomic mass is 79.9. The largest absolute Gasteiger partial charge is 0.339 e. The van der Waals surface area contributed by atoms with Gasteiger partial charge in [-0.15, -0.1) is 12.4 Å². The van der Waals surface area contributed by atoms with E-state index in [9.17, 15) is 5.26 Å². The molecule has 0 saturated carbocycles. The van der Waals surface area contributed by atoms with E-state index in [1.807, 2.05) is 41.1 Å². The third-order valence-electron chi connectivity index (χ3n) is 4.44. The monoisotopic (exact) mass is 429 g/mol. The number of aryl methyl sites for hydroxylation is 2. The highest BCUT2D eigenvalue weighted by molar-refractivity contribution is 9.10. The fourth-order valence-electron chi connectivity index (χ4n) is 3.10. The van der Waals surface area contributed by atoms with Gasteiger partial charge in [0.1, 0.15) is 23.1 Å². The predicted molar refractivity (Wildman–Crippen MR) is 109 cm³/mol. The van der Waals surface area contributed by atoms with Crippen molar-refractivity contribution >= 4 is 39.8 Å². The second-order valence-electron chi connectivity index (χ2n) is 5.98. The maximum absolute atomic E-state index is 9.74. The first-order valence-electron chi connectivity index (χ1n) is 8.05. The van der Waals surface area contributed by atoms with Gasteiger partial charge in [-0.25, -0.2) is 4.68 Å². The zero-order valence-corrected chi connectivity index (χ0v) is 16.3. The minimum atomic E-state index is 0. The molecule has 1 aliphatic heterocycles. The molecule has 0 atom stereocenters. The topological polar surface area (TPSA) is 79.7 Å². The van der Waals surface area contributed by atoms with Crippen molar-refractivity contribution in [3.8, 4) is 17.3 Å². The molecular formula is C19H17BrClN5. The van der Waals surface area contributed by atoms with E-state index in [4.69, 9.17) is 10.8 Å². The molecule has 0 spiro atoms. The summed E-state index contributed by atoms with van der Waals surface area (Å²) < 4.78 is 2.94. The van der Waals surface area contributed by atoms with Gasteiger partial charge in [0.05, 0.1) is 0 Å². The zero-order chi connectivity index (χ0) is 17.4. The molecule has 2 aromatic carbocycles. The van der Waals surface area contributed by atoms with Crippen LogP contribution in [0.25, 0.3) is 11.3 Å². The molecule has 26 heavy (non-hydrogen) atoms. The average Bonchev–Trinajstić information content (AvgIpc) is 2.89. The number of hydrogen-bond acceptors (Lipinski definition) is 4. The molecule has 0 saturated heterocycles. The first kappa shape index (κ1) is 18.5. The van der Waals surface area contributed by atoms with Crippen molar-refractivity contribution in [2.45, 2.75) is 19.5 Å². The summed E-state index contributed by atoms with van der Waals surface area (Å²) in [5.41, 5.74) is 11.1. The molecule has 132 valence electrons. The van der Waals surface area contributed by atoms with Crippen molar-refractivity contribution in [2.75, 3.05) is 5.32 Å². The van der Waals surface area contributed by atoms with Crippen LogP contribution >= 0.6 is 28.3 Å². The van der Waals surface area contributed by atoms with Gasteiger partial charge in [-0.05, 0) is 35.7 Å². The first-order chi connectivity index (χ1) is 12.2. The minimum Gasteiger partial charge on any atom is -0.339 e. The Bertz CT molecular complexity index is 988. The Hall–Kier alpha value is -2.33. The average molecular weight is 431 g/mol. The van der Waals surface area contributed by atoms with Gasteiger partial charge in [0, 0.05) is 28.8 Å². The van der Waals surface area contributed by atoms with Gasteiger partial charge in [0.2, 0.25) is 0 Å². The van der Waals surface area contributed by atoms with Crippen molar-refractivity contribution in [3.63, 3.8) is 0 Å². The van der Waals surface area contributed by atoms with Crippen LogP contribution in [0.5, 0.6) is 0 Å². The SMILES string of the molecule is Cl.N#Cc1c(-c2ccc(CN)cc2)nn2c1Nc1ccc(Br)cc1CC2. The van der Waals surface area contributed by atoms with Gasteiger partial charge in [0.25, 0.3) is 0 Å². The lowest BCUT2D eigenvalue weighted by molar-refractivity contribution is 0.632. The van der Waals surface area contributed by atoms with Crippen LogP contribution in [0.3, 0.4) is 0 Å². The van der Waals surface area contributed by atoms with Crippen molar-refractivity contribution < 1.29 is 0 Å². The lowest BCUT2D eigenvalue weighted by atomic mass is 10.1. The van der Waals surface area contributed by atoms with Crippen molar-refractivity contribution in [2.24, 2.45) is 5.73 Å². The Morgan fingerprint density at radius 2 is 2.00 bits per heavy atom. The van der Waals surface area contributed by atoms with Crippen molar-refractivity contribution in [1.82, 2.24) is 9.78 Å². The van der Waals surface area contributed by atoms with Gasteiger partial charge >= 0.3 is 0 Å². The highest BCUT2D eigenvalue weighted by Crippen LogP contribution is 2.34. The van der Waals surface area contributed by atoms with Gasteiger partial charge < -0.3 is 11.1 Å². The van der Waals surface area contributed by atoms with E-state index < -0.39 is 0 Å². The number of rotatable bonds is 2. The predicted octanol–water partition coefficient (Wildman–Crippen LogP) is 4.36. The van der Waals surface area contributed by atoms with Gasteiger partial charge in [-0.1, -0.05) is 40.2 Å². The number of anilines is 2. The van der Waals surface area contributed by atoms with Crippen LogP contribution in [0, 0.1) is 11.3 Å². The van der Waals surface area contributed by atoms with Crippen LogP contribution in [-0.4, -0.2) is 9.78 Å². The molecule has 3 aromatic rings. The van der Waals surface area contributed by atoms with Crippen LogP contribution < -0.4 is 11.1 Å². The van der Waals surface area contributed by atoms with E-state index in [0.717, 1.165) is 40.1 Å². The molecule has 0 amide bonds. The Kier molecular flexibility index (Phi) is 5.33. The molecule has 0 unspecified atom stereocenters. The van der Waals surface area contributed by atoms with Crippen LogP contribution in [0.1, 0.15) is 16.7 Å². The molecule has 4 rings (SSSR count). The number of nitrogens with zero attached hydrogens (tertiary/aromatic N) is 3. The number of nitrogens with two attached hydrogens (primary N) is 1. The Morgan fingerprint density at radius 3 is 2.69 bits per heavy atom. The number of nitriles is 1. The van der Waals surface area contributed by atoms with Crippen LogP contribution in [0.15, 0.2) is 46.9 Å². The summed E-state index contributed by atoms with van der Waals surface area (Å²) in [4.78, 5) is 0. The van der Waals surface area contributed by atoms with Gasteiger partial charge in [0.15, 0.2) is 0 Å². The molecular weight excluding hydrogens is 414 g/mol. The minimum absolute atomic E-state index is 0. The Balaban J connectivity index is 0.00000196. The number of benzene rings is 2. The molecule has 0 fully saturated rings. The third-order valence-corrected chi connectivity index (χ3v) is 4.93. The van der Waals surface area contributed by atoms with E-state index in [0.29, 0.717) is 17.8 Å². The van der Waals surface area contributed by atoms with Gasteiger partial charge in [-0.3, -0.25) is 0 Å². The number of nitrogens with one attached hydrogen (secondary N) is 1. The number of hydrogen-bond donors (Lipinski definition) is 2. The molecule has 7 heteroatoms. The maximum atomic E-state index is 9.74. The normalized spacial score (nSPS) is 12.0. The van der Waals surface area contributed by atoms with E-state index in [1.54, 1.807) is 0 Å². The summed E-state index contributed by atoms with van der Waals surface area (Å²) in [6, 6.07) is 16.3. The zero-order valence-electron chi connectivity index (χ0n) is 13.9. The van der Waals surface area contributed by atoms with Gasteiger partial charge in [-0.2, -0.15) is 10.4 Å². The molecule has 0 aliphatic carbocycles. The first-order valence-corrected chi connectivity index (χ1v) is 8.84. The Morgan fingerprint density at radius 1 is 1.23 bits per heavy atom. The molecule has 1 aliphatic rings. The third kappa shape index (κ3) is 3.21. The standard InChI is InChI=1S/C19H16BrN5.ClH/c20-15-5-6-17-14(9-15)7-8-25-19(23-17)16(11-22)18(24-25)13-3-1-12(10-21)2-4-13;/h1-6,9,23H,7-8,10,21H2;1H. The second-order valence-corrected chi connectivity index (χ2v) is 6.90. The van der Waals surface area contributed by atoms with E-state index in [2.05, 4.69) is 33.4 Å². The highest BCUT2D eigenvalue weighted by Gasteiger charge is 2.22. The molecule has 2 heterocycles. The summed E-state index contributed by atoms with van der Waals surface area (Å²) >= 11 is 3.51. The quantitative estimate of drug-likeness (QED) is 0.633. The molecule has 3 N–H and O–H groups in total. The lowest BCUT2D eigenvalue weighted by Gasteiger charge is -2.08. The van der Waals surface area contributed by atoms with Crippen molar-refractivity contribution in [1.29, 1.82) is 5.26 Å². The van der Waals surface area contributed by atoms with Crippen molar-refractivity contribution in [3.05, 3.63) is 63.6 Å². The lowest BCUT2D eigenvalue weighted by Crippen LogP contribution is -2.02. The van der Waals surface area contributed by atoms with E-state index in [1.165, 1.54) is 5.56 Å². The number of aromatic nitrogens is 2. The summed E-state index contributed by atoms with van der Waals surface area (Å²) in [5.74, 6) is 0.751. The summed E-state index contributed by atoms with van der Waals surface area (Å²) in [6.45, 7) is 1.22. The molecule has 0 bridgehead atoms. The Labute approximate surface area is 166 Å². The van der Waals surface area contributed by atoms with E-state index >= 15 is 0 Å². The summed E-state index contributed by atoms with van der Waals surface area (Å²) in [5, 5.41) is 17.8. The maximum Gasteiger partial charge on any atom is 0.147 e. The fraction of sp³-hybridized carbons (Fsp3) is 0.158. The summed E-state index contributed by atoms with van der Waals surface area (Å²) in [6.07, 6.45) is 0.854. The molecule has 5 nitrogen and oxygen atoms in total.